The minimum Gasteiger partial charge on any atom is -0.492 e. The van der Waals surface area contributed by atoms with Gasteiger partial charge in [0.1, 0.15) is 0 Å². The largest absolute Gasteiger partial charge is 0.492 e. The zero-order valence-corrected chi connectivity index (χ0v) is 7.23. The standard InChI is InChI=1S/C8H10N2O3/c1-13-8(12)3-2-6-4-7(11)10-9-5-6/h4-5H,2-3H2,1H3,(H,10,11). The van der Waals surface area contributed by atoms with E-state index in [2.05, 4.69) is 14.9 Å². The summed E-state index contributed by atoms with van der Waals surface area (Å²) in [5.41, 5.74) is 0.762. The molecular formula is C8H10N2O3. The van der Waals surface area contributed by atoms with Crippen LogP contribution in [-0.2, 0) is 16.0 Å². The number of aromatic hydroxyl groups is 1. The van der Waals surface area contributed by atoms with E-state index in [-0.39, 0.29) is 18.3 Å². The zero-order chi connectivity index (χ0) is 9.68. The highest BCUT2D eigenvalue weighted by Gasteiger charge is 2.02. The van der Waals surface area contributed by atoms with Crippen LogP contribution in [0.25, 0.3) is 0 Å². The van der Waals surface area contributed by atoms with Crippen LogP contribution in [0.5, 0.6) is 5.88 Å². The summed E-state index contributed by atoms with van der Waals surface area (Å²) in [5.74, 6) is -0.418. The van der Waals surface area contributed by atoms with Crippen molar-refractivity contribution in [3.63, 3.8) is 0 Å². The lowest BCUT2D eigenvalue weighted by atomic mass is 10.2. The third kappa shape index (κ3) is 3.06. The van der Waals surface area contributed by atoms with Gasteiger partial charge in [-0.05, 0) is 12.0 Å². The SMILES string of the molecule is COC(=O)CCc1cnnc(O)c1. The molecule has 0 unspecified atom stereocenters. The second-order valence-electron chi connectivity index (χ2n) is 2.50. The van der Waals surface area contributed by atoms with Gasteiger partial charge in [-0.25, -0.2) is 0 Å². The van der Waals surface area contributed by atoms with Crippen molar-refractivity contribution >= 4 is 5.97 Å². The van der Waals surface area contributed by atoms with Crippen molar-refractivity contribution < 1.29 is 14.6 Å². The highest BCUT2D eigenvalue weighted by molar-refractivity contribution is 5.69. The van der Waals surface area contributed by atoms with Crippen LogP contribution in [0.1, 0.15) is 12.0 Å². The van der Waals surface area contributed by atoms with E-state index in [1.807, 2.05) is 0 Å². The molecule has 0 fully saturated rings. The quantitative estimate of drug-likeness (QED) is 0.680. The molecule has 70 valence electrons. The number of nitrogens with zero attached hydrogens (tertiary/aromatic N) is 2. The lowest BCUT2D eigenvalue weighted by molar-refractivity contribution is -0.140. The van der Waals surface area contributed by atoms with Gasteiger partial charge < -0.3 is 9.84 Å². The van der Waals surface area contributed by atoms with Crippen LogP contribution in [0.4, 0.5) is 0 Å². The Morgan fingerprint density at radius 2 is 2.46 bits per heavy atom. The number of aromatic nitrogens is 2. The van der Waals surface area contributed by atoms with E-state index in [4.69, 9.17) is 5.11 Å². The minimum absolute atomic E-state index is 0.137. The van der Waals surface area contributed by atoms with Crippen molar-refractivity contribution in [3.05, 3.63) is 17.8 Å². The van der Waals surface area contributed by atoms with E-state index in [1.165, 1.54) is 19.4 Å². The first-order chi connectivity index (χ1) is 6.22. The molecule has 1 rings (SSSR count). The van der Waals surface area contributed by atoms with E-state index in [0.29, 0.717) is 6.42 Å². The maximum absolute atomic E-state index is 10.7. The molecule has 0 atom stereocenters. The third-order valence-electron chi connectivity index (χ3n) is 1.54. The van der Waals surface area contributed by atoms with Gasteiger partial charge in [0.05, 0.1) is 13.3 Å². The smallest absolute Gasteiger partial charge is 0.305 e. The van der Waals surface area contributed by atoms with Gasteiger partial charge in [-0.2, -0.15) is 5.10 Å². The summed E-state index contributed by atoms with van der Waals surface area (Å²) in [6.45, 7) is 0. The summed E-state index contributed by atoms with van der Waals surface area (Å²) in [5, 5.41) is 15.9. The van der Waals surface area contributed by atoms with Gasteiger partial charge in [0.15, 0.2) is 0 Å². The van der Waals surface area contributed by atoms with Crippen molar-refractivity contribution in [3.8, 4) is 5.88 Å². The molecule has 0 aliphatic carbocycles. The predicted octanol–water partition coefficient (Wildman–Crippen LogP) is 0.288. The Hall–Kier alpha value is -1.65. The van der Waals surface area contributed by atoms with Crippen molar-refractivity contribution in [2.75, 3.05) is 7.11 Å². The fourth-order valence-electron chi connectivity index (χ4n) is 0.879. The first kappa shape index (κ1) is 9.44. The van der Waals surface area contributed by atoms with E-state index in [1.54, 1.807) is 0 Å². The first-order valence-corrected chi connectivity index (χ1v) is 3.80. The fourth-order valence-corrected chi connectivity index (χ4v) is 0.879. The second kappa shape index (κ2) is 4.39. The van der Waals surface area contributed by atoms with Crippen LogP contribution in [0.2, 0.25) is 0 Å². The van der Waals surface area contributed by atoms with E-state index in [0.717, 1.165) is 5.56 Å². The molecule has 0 saturated carbocycles. The van der Waals surface area contributed by atoms with Crippen molar-refractivity contribution in [2.45, 2.75) is 12.8 Å². The summed E-state index contributed by atoms with van der Waals surface area (Å²) < 4.78 is 4.46. The van der Waals surface area contributed by atoms with Gasteiger partial charge in [0.2, 0.25) is 5.88 Å². The molecule has 5 heteroatoms. The number of carbonyl (C=O) groups excluding carboxylic acids is 1. The van der Waals surface area contributed by atoms with E-state index < -0.39 is 0 Å². The number of hydrogen-bond acceptors (Lipinski definition) is 5. The number of ether oxygens (including phenoxy) is 1. The topological polar surface area (TPSA) is 72.3 Å². The number of hydrogen-bond donors (Lipinski definition) is 1. The molecule has 13 heavy (non-hydrogen) atoms. The Balaban J connectivity index is 2.50. The van der Waals surface area contributed by atoms with E-state index >= 15 is 0 Å². The Bertz CT molecular complexity index is 301. The van der Waals surface area contributed by atoms with Crippen molar-refractivity contribution in [1.29, 1.82) is 0 Å². The number of methoxy groups -OCH3 is 1. The van der Waals surface area contributed by atoms with Gasteiger partial charge in [0, 0.05) is 12.5 Å². The van der Waals surface area contributed by atoms with Crippen molar-refractivity contribution in [1.82, 2.24) is 10.2 Å². The summed E-state index contributed by atoms with van der Waals surface area (Å²) in [4.78, 5) is 10.7. The normalized spacial score (nSPS) is 9.62. The van der Waals surface area contributed by atoms with Crippen LogP contribution in [0, 0.1) is 0 Å². The Labute approximate surface area is 75.4 Å². The van der Waals surface area contributed by atoms with Crippen LogP contribution in [-0.4, -0.2) is 28.4 Å². The molecular weight excluding hydrogens is 172 g/mol. The highest BCUT2D eigenvalue weighted by Crippen LogP contribution is 2.07. The van der Waals surface area contributed by atoms with Crippen LogP contribution in [0.3, 0.4) is 0 Å². The average Bonchev–Trinajstić information content (AvgIpc) is 2.14. The molecule has 0 saturated heterocycles. The molecule has 0 aromatic carbocycles. The molecule has 0 spiro atoms. The first-order valence-electron chi connectivity index (χ1n) is 3.80. The fraction of sp³-hybridized carbons (Fsp3) is 0.375. The van der Waals surface area contributed by atoms with E-state index in [9.17, 15) is 4.79 Å². The molecule has 1 aromatic heterocycles. The number of carbonyl (C=O) groups is 1. The van der Waals surface area contributed by atoms with Crippen molar-refractivity contribution in [2.24, 2.45) is 0 Å². The molecule has 1 aromatic rings. The number of rotatable bonds is 3. The lowest BCUT2D eigenvalue weighted by Gasteiger charge is -1.99. The van der Waals surface area contributed by atoms with Crippen LogP contribution >= 0.6 is 0 Å². The van der Waals surface area contributed by atoms with Gasteiger partial charge in [-0.15, -0.1) is 5.10 Å². The Morgan fingerprint density at radius 3 is 3.08 bits per heavy atom. The molecule has 5 nitrogen and oxygen atoms in total. The molecule has 0 aliphatic rings. The molecule has 0 radical (unpaired) electrons. The van der Waals surface area contributed by atoms with Gasteiger partial charge >= 0.3 is 5.97 Å². The summed E-state index contributed by atoms with van der Waals surface area (Å²) in [6.07, 6.45) is 2.28. The molecule has 0 bridgehead atoms. The lowest BCUT2D eigenvalue weighted by Crippen LogP contribution is -2.02. The number of aryl methyl sites for hydroxylation is 1. The maximum Gasteiger partial charge on any atom is 0.305 e. The average molecular weight is 182 g/mol. The molecule has 1 heterocycles. The molecule has 1 N–H and O–H groups in total. The molecule has 0 aliphatic heterocycles. The maximum atomic E-state index is 10.7. The zero-order valence-electron chi connectivity index (χ0n) is 7.23. The second-order valence-corrected chi connectivity index (χ2v) is 2.50. The minimum atomic E-state index is -0.281. The highest BCUT2D eigenvalue weighted by atomic mass is 16.5. The number of esters is 1. The Morgan fingerprint density at radius 1 is 1.69 bits per heavy atom. The monoisotopic (exact) mass is 182 g/mol. The Kier molecular flexibility index (Phi) is 3.19. The van der Waals surface area contributed by atoms with Crippen LogP contribution < -0.4 is 0 Å². The summed E-state index contributed by atoms with van der Waals surface area (Å²) in [7, 11) is 1.34. The van der Waals surface area contributed by atoms with Gasteiger partial charge in [-0.1, -0.05) is 0 Å². The molecule has 0 amide bonds. The van der Waals surface area contributed by atoms with Gasteiger partial charge in [0.25, 0.3) is 0 Å². The summed E-state index contributed by atoms with van der Waals surface area (Å²) in [6, 6.07) is 1.47. The van der Waals surface area contributed by atoms with Gasteiger partial charge in [-0.3, -0.25) is 4.79 Å². The summed E-state index contributed by atoms with van der Waals surface area (Å²) >= 11 is 0. The van der Waals surface area contributed by atoms with Crippen LogP contribution in [0.15, 0.2) is 12.3 Å². The third-order valence-corrected chi connectivity index (χ3v) is 1.54. The predicted molar refractivity (Wildman–Crippen MR) is 44.0 cm³/mol.